The van der Waals surface area contributed by atoms with Crippen molar-refractivity contribution in [2.45, 2.75) is 51.3 Å². The first kappa shape index (κ1) is 20.5. The summed E-state index contributed by atoms with van der Waals surface area (Å²) in [6, 6.07) is 16.0. The van der Waals surface area contributed by atoms with Crippen molar-refractivity contribution in [1.29, 1.82) is 0 Å². The van der Waals surface area contributed by atoms with Crippen molar-refractivity contribution >= 4 is 35.0 Å². The molecule has 2 aromatic rings. The lowest BCUT2D eigenvalue weighted by Crippen LogP contribution is -2.29. The van der Waals surface area contributed by atoms with Crippen molar-refractivity contribution < 1.29 is 9.59 Å². The number of hydrogen-bond acceptors (Lipinski definition) is 3. The number of hydrogen-bond donors (Lipinski definition) is 1. The quantitative estimate of drug-likeness (QED) is 0.651. The van der Waals surface area contributed by atoms with Crippen molar-refractivity contribution in [3.05, 3.63) is 59.7 Å². The van der Waals surface area contributed by atoms with Gasteiger partial charge in [0.1, 0.15) is 5.37 Å². The predicted molar refractivity (Wildman–Crippen MR) is 118 cm³/mol. The molecule has 2 aromatic carbocycles. The van der Waals surface area contributed by atoms with Gasteiger partial charge in [-0.15, -0.1) is 11.8 Å². The molecule has 0 spiro atoms. The van der Waals surface area contributed by atoms with E-state index in [1.807, 2.05) is 47.4 Å². The molecule has 0 radical (unpaired) electrons. The second kappa shape index (κ2) is 9.28. The fourth-order valence-corrected chi connectivity index (χ4v) is 4.62. The standard InChI is InChI=1S/C23H28N2O2S/c1-4-5-13-21(26)24-18-10-8-9-17(14-18)23-25(22(27)15-28-23)20-12-7-6-11-19(20)16(2)3/h6-12,14,16,23H,4-5,13,15H2,1-3H3,(H,24,26). The zero-order valence-corrected chi connectivity index (χ0v) is 17.6. The number of carbonyl (C=O) groups is 2. The van der Waals surface area contributed by atoms with Crippen LogP contribution in [0.2, 0.25) is 0 Å². The SMILES string of the molecule is CCCCC(=O)Nc1cccc(C2SCC(=O)N2c2ccccc2C(C)C)c1. The normalized spacial score (nSPS) is 16.6. The largest absolute Gasteiger partial charge is 0.326 e. The van der Waals surface area contributed by atoms with Gasteiger partial charge in [-0.25, -0.2) is 0 Å². The van der Waals surface area contributed by atoms with E-state index in [0.717, 1.165) is 29.8 Å². The van der Waals surface area contributed by atoms with E-state index in [0.29, 0.717) is 18.1 Å². The monoisotopic (exact) mass is 396 g/mol. The molecule has 1 fully saturated rings. The molecule has 2 amide bonds. The Balaban J connectivity index is 1.88. The van der Waals surface area contributed by atoms with Gasteiger partial charge in [-0.3, -0.25) is 14.5 Å². The number of para-hydroxylation sites is 1. The molecule has 0 bridgehead atoms. The number of thioether (sulfide) groups is 1. The van der Waals surface area contributed by atoms with Gasteiger partial charge in [-0.05, 0) is 41.7 Å². The molecule has 1 atom stereocenters. The molecule has 1 N–H and O–H groups in total. The molecule has 3 rings (SSSR count). The third kappa shape index (κ3) is 4.58. The Morgan fingerprint density at radius 3 is 2.75 bits per heavy atom. The van der Waals surface area contributed by atoms with Crippen LogP contribution < -0.4 is 10.2 Å². The van der Waals surface area contributed by atoms with Crippen LogP contribution in [0.15, 0.2) is 48.5 Å². The number of unbranched alkanes of at least 4 members (excludes halogenated alkanes) is 1. The lowest BCUT2D eigenvalue weighted by molar-refractivity contribution is -0.117. The van der Waals surface area contributed by atoms with Crippen LogP contribution in [-0.2, 0) is 9.59 Å². The van der Waals surface area contributed by atoms with Gasteiger partial charge in [0.05, 0.1) is 5.75 Å². The second-order valence-electron chi connectivity index (χ2n) is 7.42. The van der Waals surface area contributed by atoms with Crippen LogP contribution in [0.1, 0.15) is 62.5 Å². The Hall–Kier alpha value is -2.27. The van der Waals surface area contributed by atoms with Crippen LogP contribution in [0.5, 0.6) is 0 Å². The number of nitrogens with one attached hydrogen (secondary N) is 1. The van der Waals surface area contributed by atoms with Crippen LogP contribution in [0.4, 0.5) is 11.4 Å². The Morgan fingerprint density at radius 1 is 1.21 bits per heavy atom. The zero-order chi connectivity index (χ0) is 20.1. The average molecular weight is 397 g/mol. The molecule has 1 aliphatic heterocycles. The minimum Gasteiger partial charge on any atom is -0.326 e. The molecular formula is C23H28N2O2S. The summed E-state index contributed by atoms with van der Waals surface area (Å²) in [7, 11) is 0. The van der Waals surface area contributed by atoms with Gasteiger partial charge < -0.3 is 5.32 Å². The number of rotatable bonds is 7. The lowest BCUT2D eigenvalue weighted by Gasteiger charge is -2.28. The van der Waals surface area contributed by atoms with Gasteiger partial charge in [0.15, 0.2) is 0 Å². The summed E-state index contributed by atoms with van der Waals surface area (Å²) in [5.41, 5.74) is 3.97. The first-order valence-corrected chi connectivity index (χ1v) is 11.0. The molecule has 4 nitrogen and oxygen atoms in total. The highest BCUT2D eigenvalue weighted by Crippen LogP contribution is 2.44. The molecule has 1 heterocycles. The van der Waals surface area contributed by atoms with E-state index in [4.69, 9.17) is 0 Å². The van der Waals surface area contributed by atoms with Gasteiger partial charge in [0, 0.05) is 17.8 Å². The number of nitrogens with zero attached hydrogens (tertiary/aromatic N) is 1. The first-order valence-electron chi connectivity index (χ1n) is 9.93. The summed E-state index contributed by atoms with van der Waals surface area (Å²) < 4.78 is 0. The Labute approximate surface area is 171 Å². The van der Waals surface area contributed by atoms with Crippen LogP contribution in [0.3, 0.4) is 0 Å². The van der Waals surface area contributed by atoms with E-state index in [1.54, 1.807) is 11.8 Å². The number of anilines is 2. The van der Waals surface area contributed by atoms with Crippen molar-refractivity contribution in [2.75, 3.05) is 16.0 Å². The van der Waals surface area contributed by atoms with Gasteiger partial charge in [-0.2, -0.15) is 0 Å². The van der Waals surface area contributed by atoms with E-state index in [-0.39, 0.29) is 17.2 Å². The highest BCUT2D eigenvalue weighted by molar-refractivity contribution is 8.00. The maximum absolute atomic E-state index is 12.7. The molecule has 0 aliphatic carbocycles. The minimum atomic E-state index is -0.0834. The second-order valence-corrected chi connectivity index (χ2v) is 8.49. The highest BCUT2D eigenvalue weighted by Gasteiger charge is 2.35. The molecule has 1 unspecified atom stereocenters. The molecule has 0 aromatic heterocycles. The Morgan fingerprint density at radius 2 is 2.00 bits per heavy atom. The number of benzene rings is 2. The Bertz CT molecular complexity index is 850. The van der Waals surface area contributed by atoms with Crippen LogP contribution in [0.25, 0.3) is 0 Å². The maximum atomic E-state index is 12.7. The lowest BCUT2D eigenvalue weighted by atomic mass is 10.00. The summed E-state index contributed by atoms with van der Waals surface area (Å²) >= 11 is 1.63. The number of carbonyl (C=O) groups excluding carboxylic acids is 2. The summed E-state index contributed by atoms with van der Waals surface area (Å²) in [4.78, 5) is 26.7. The van der Waals surface area contributed by atoms with E-state index < -0.39 is 0 Å². The first-order chi connectivity index (χ1) is 13.5. The molecular weight excluding hydrogens is 368 g/mol. The smallest absolute Gasteiger partial charge is 0.238 e. The average Bonchev–Trinajstić information content (AvgIpc) is 3.08. The molecule has 0 saturated carbocycles. The third-order valence-electron chi connectivity index (χ3n) is 4.90. The van der Waals surface area contributed by atoms with E-state index in [1.165, 1.54) is 5.56 Å². The fourth-order valence-electron chi connectivity index (χ4n) is 3.46. The van der Waals surface area contributed by atoms with Gasteiger partial charge in [0.25, 0.3) is 0 Å². The Kier molecular flexibility index (Phi) is 6.79. The fraction of sp³-hybridized carbons (Fsp3) is 0.391. The molecule has 5 heteroatoms. The minimum absolute atomic E-state index is 0.0381. The summed E-state index contributed by atoms with van der Waals surface area (Å²) in [6.07, 6.45) is 2.42. The van der Waals surface area contributed by atoms with E-state index >= 15 is 0 Å². The van der Waals surface area contributed by atoms with Crippen molar-refractivity contribution in [2.24, 2.45) is 0 Å². The summed E-state index contributed by atoms with van der Waals surface area (Å²) in [5, 5.41) is 2.90. The molecule has 148 valence electrons. The molecule has 28 heavy (non-hydrogen) atoms. The van der Waals surface area contributed by atoms with E-state index in [2.05, 4.69) is 32.2 Å². The van der Waals surface area contributed by atoms with Crippen LogP contribution in [0, 0.1) is 0 Å². The van der Waals surface area contributed by atoms with Crippen molar-refractivity contribution in [3.8, 4) is 0 Å². The van der Waals surface area contributed by atoms with Crippen LogP contribution >= 0.6 is 11.8 Å². The van der Waals surface area contributed by atoms with Gasteiger partial charge in [-0.1, -0.05) is 57.5 Å². The maximum Gasteiger partial charge on any atom is 0.238 e. The molecule has 1 saturated heterocycles. The number of amides is 2. The van der Waals surface area contributed by atoms with Crippen LogP contribution in [-0.4, -0.2) is 17.6 Å². The highest BCUT2D eigenvalue weighted by atomic mass is 32.2. The predicted octanol–water partition coefficient (Wildman–Crippen LogP) is 5.72. The zero-order valence-electron chi connectivity index (χ0n) is 16.8. The van der Waals surface area contributed by atoms with Gasteiger partial charge in [0.2, 0.25) is 11.8 Å². The van der Waals surface area contributed by atoms with E-state index in [9.17, 15) is 9.59 Å². The van der Waals surface area contributed by atoms with Crippen molar-refractivity contribution in [3.63, 3.8) is 0 Å². The van der Waals surface area contributed by atoms with Crippen molar-refractivity contribution in [1.82, 2.24) is 0 Å². The topological polar surface area (TPSA) is 49.4 Å². The third-order valence-corrected chi connectivity index (χ3v) is 6.11. The molecule has 1 aliphatic rings. The summed E-state index contributed by atoms with van der Waals surface area (Å²) in [6.45, 7) is 6.37. The van der Waals surface area contributed by atoms with Gasteiger partial charge >= 0.3 is 0 Å². The summed E-state index contributed by atoms with van der Waals surface area (Å²) in [5.74, 6) is 0.959.